The van der Waals surface area contributed by atoms with Crippen LogP contribution < -0.4 is 10.1 Å². The number of carbonyl (C=O) groups is 1. The third kappa shape index (κ3) is 3.59. The molecule has 0 spiro atoms. The second kappa shape index (κ2) is 6.73. The van der Waals surface area contributed by atoms with E-state index >= 15 is 0 Å². The van der Waals surface area contributed by atoms with E-state index in [9.17, 15) is 4.79 Å². The molecule has 0 aliphatic rings. The first-order valence-electron chi connectivity index (χ1n) is 8.34. The molecule has 0 saturated heterocycles. The molecule has 3 rings (SSSR count). The molecule has 0 saturated carbocycles. The molecular weight excluding hydrogens is 328 g/mol. The van der Waals surface area contributed by atoms with Crippen LogP contribution in [-0.4, -0.2) is 14.0 Å². The lowest BCUT2D eigenvalue weighted by molar-refractivity contribution is -0.131. The average Bonchev–Trinajstić information content (AvgIpc) is 2.95. The lowest BCUT2D eigenvalue weighted by Crippen LogP contribution is -2.37. The van der Waals surface area contributed by atoms with Gasteiger partial charge in [0, 0.05) is 12.5 Å². The van der Waals surface area contributed by atoms with Gasteiger partial charge < -0.3 is 9.15 Å². The molecule has 0 unspecified atom stereocenters. The van der Waals surface area contributed by atoms with Crippen molar-refractivity contribution in [3.63, 3.8) is 0 Å². The summed E-state index contributed by atoms with van der Waals surface area (Å²) in [6, 6.07) is 19.9. The van der Waals surface area contributed by atoms with Crippen LogP contribution in [0.5, 0.6) is 5.75 Å². The molecule has 2 aromatic carbocycles. The fraction of sp³-hybridized carbons (Fsp3) is 0.190. The van der Waals surface area contributed by atoms with E-state index < -0.39 is 8.07 Å². The summed E-state index contributed by atoms with van der Waals surface area (Å²) in [5, 5.41) is 0.806. The number of rotatable bonds is 4. The maximum atomic E-state index is 11.8. The second-order valence-electron chi connectivity index (χ2n) is 7.04. The summed E-state index contributed by atoms with van der Waals surface area (Å²) < 4.78 is 12.0. The van der Waals surface area contributed by atoms with Crippen LogP contribution in [-0.2, 0) is 4.79 Å². The summed E-state index contributed by atoms with van der Waals surface area (Å²) in [6.45, 7) is 7.98. The minimum Gasteiger partial charge on any atom is -0.462 e. The molecule has 4 heteroatoms. The minimum absolute atomic E-state index is 0.336. The first-order valence-corrected chi connectivity index (χ1v) is 11.8. The van der Waals surface area contributed by atoms with Crippen molar-refractivity contribution >= 4 is 19.4 Å². The molecule has 0 amide bonds. The normalized spacial score (nSPS) is 11.4. The number of furan rings is 1. The molecule has 1 aromatic heterocycles. The molecule has 3 nitrogen and oxygen atoms in total. The van der Waals surface area contributed by atoms with Crippen LogP contribution in [0.15, 0.2) is 65.1 Å². The Kier molecular flexibility index (Phi) is 4.64. The van der Waals surface area contributed by atoms with Crippen LogP contribution in [0.4, 0.5) is 0 Å². The number of esters is 1. The summed E-state index contributed by atoms with van der Waals surface area (Å²) >= 11 is 0. The lowest BCUT2D eigenvalue weighted by atomic mass is 10.0. The zero-order valence-electron chi connectivity index (χ0n) is 15.0. The van der Waals surface area contributed by atoms with Gasteiger partial charge in [0.15, 0.2) is 5.75 Å². The van der Waals surface area contributed by atoms with Crippen molar-refractivity contribution in [3.05, 3.63) is 60.7 Å². The molecule has 0 aliphatic heterocycles. The maximum absolute atomic E-state index is 11.8. The van der Waals surface area contributed by atoms with E-state index in [0.29, 0.717) is 5.75 Å². The highest BCUT2D eigenvalue weighted by molar-refractivity contribution is 6.88. The molecule has 1 heterocycles. The van der Waals surface area contributed by atoms with Gasteiger partial charge in [-0.1, -0.05) is 80.3 Å². The van der Waals surface area contributed by atoms with Gasteiger partial charge in [0.25, 0.3) is 0 Å². The minimum atomic E-state index is -1.86. The fourth-order valence-electron chi connectivity index (χ4n) is 2.81. The highest BCUT2D eigenvalue weighted by Crippen LogP contribution is 2.41. The Hall–Kier alpha value is -2.59. The van der Waals surface area contributed by atoms with Gasteiger partial charge in [-0.15, -0.1) is 0 Å². The summed E-state index contributed by atoms with van der Waals surface area (Å²) in [5.41, 5.74) is 2.80. The monoisotopic (exact) mass is 350 g/mol. The molecule has 3 aromatic rings. The number of carbonyl (C=O) groups excluding carboxylic acids is 1. The Labute approximate surface area is 149 Å². The molecule has 0 radical (unpaired) electrons. The van der Waals surface area contributed by atoms with Crippen LogP contribution in [0.1, 0.15) is 6.92 Å². The van der Waals surface area contributed by atoms with E-state index in [1.807, 2.05) is 60.7 Å². The molecule has 0 atom stereocenters. The Balaban J connectivity index is 2.35. The molecule has 0 N–H and O–H groups in total. The van der Waals surface area contributed by atoms with E-state index in [1.54, 1.807) is 0 Å². The van der Waals surface area contributed by atoms with Crippen LogP contribution in [0.3, 0.4) is 0 Å². The van der Waals surface area contributed by atoms with Gasteiger partial charge in [0.2, 0.25) is 0 Å². The first-order chi connectivity index (χ1) is 11.9. The SMILES string of the molecule is CC(=O)Oc1c([Si](C)(C)C)oc(-c2ccccc2)c1-c1ccccc1. The largest absolute Gasteiger partial charge is 0.462 e. The number of hydrogen-bond acceptors (Lipinski definition) is 3. The van der Waals surface area contributed by atoms with Crippen molar-refractivity contribution in [2.24, 2.45) is 0 Å². The zero-order chi connectivity index (χ0) is 18.0. The lowest BCUT2D eigenvalue weighted by Gasteiger charge is -2.14. The van der Waals surface area contributed by atoms with Crippen LogP contribution in [0.25, 0.3) is 22.5 Å². The van der Waals surface area contributed by atoms with Crippen LogP contribution in [0.2, 0.25) is 19.6 Å². The maximum Gasteiger partial charge on any atom is 0.308 e. The third-order valence-electron chi connectivity index (χ3n) is 3.89. The summed E-state index contributed by atoms with van der Waals surface area (Å²) in [4.78, 5) is 11.8. The Bertz CT molecular complexity index is 875. The van der Waals surface area contributed by atoms with Gasteiger partial charge in [0.1, 0.15) is 19.2 Å². The van der Waals surface area contributed by atoms with Gasteiger partial charge >= 0.3 is 5.97 Å². The van der Waals surface area contributed by atoms with E-state index in [2.05, 4.69) is 19.6 Å². The molecule has 0 bridgehead atoms. The topological polar surface area (TPSA) is 39.4 Å². The zero-order valence-corrected chi connectivity index (χ0v) is 16.0. The number of hydrogen-bond donors (Lipinski definition) is 0. The smallest absolute Gasteiger partial charge is 0.308 e. The van der Waals surface area contributed by atoms with Crippen molar-refractivity contribution in [2.75, 3.05) is 0 Å². The van der Waals surface area contributed by atoms with Crippen LogP contribution in [0, 0.1) is 0 Å². The standard InChI is InChI=1S/C21H22O3Si/c1-15(22)23-20-18(16-11-7-5-8-12-16)19(17-13-9-6-10-14-17)24-21(20)25(2,3)4/h5-14H,1-4H3. The second-order valence-corrected chi connectivity index (χ2v) is 12.0. The van der Waals surface area contributed by atoms with Crippen LogP contribution >= 0.6 is 0 Å². The fourth-order valence-corrected chi connectivity index (χ4v) is 4.08. The average molecular weight is 350 g/mol. The molecule has 0 fully saturated rings. The Morgan fingerprint density at radius 1 is 0.880 bits per heavy atom. The van der Waals surface area contributed by atoms with Gasteiger partial charge in [-0.05, 0) is 5.56 Å². The van der Waals surface area contributed by atoms with Crippen molar-refractivity contribution in [1.82, 2.24) is 0 Å². The van der Waals surface area contributed by atoms with Crippen molar-refractivity contribution in [1.29, 1.82) is 0 Å². The van der Waals surface area contributed by atoms with Crippen molar-refractivity contribution in [2.45, 2.75) is 26.6 Å². The molecule has 25 heavy (non-hydrogen) atoms. The van der Waals surface area contributed by atoms with Gasteiger partial charge in [-0.2, -0.15) is 0 Å². The number of benzene rings is 2. The summed E-state index contributed by atoms with van der Waals surface area (Å²) in [6.07, 6.45) is 0. The number of ether oxygens (including phenoxy) is 1. The van der Waals surface area contributed by atoms with Gasteiger partial charge in [-0.3, -0.25) is 4.79 Å². The highest BCUT2D eigenvalue weighted by Gasteiger charge is 2.33. The summed E-state index contributed by atoms with van der Waals surface area (Å²) in [5.74, 6) is 0.981. The highest BCUT2D eigenvalue weighted by atomic mass is 28.3. The van der Waals surface area contributed by atoms with E-state index in [4.69, 9.17) is 9.15 Å². The predicted octanol–water partition coefficient (Wildman–Crippen LogP) is 5.08. The van der Waals surface area contributed by atoms with Gasteiger partial charge in [0.05, 0.1) is 5.56 Å². The molecule has 0 aliphatic carbocycles. The summed E-state index contributed by atoms with van der Waals surface area (Å²) in [7, 11) is -1.86. The van der Waals surface area contributed by atoms with E-state index in [1.165, 1.54) is 6.92 Å². The van der Waals surface area contributed by atoms with E-state index in [0.717, 1.165) is 27.8 Å². The quantitative estimate of drug-likeness (QED) is 0.486. The predicted molar refractivity (Wildman–Crippen MR) is 104 cm³/mol. The first kappa shape index (κ1) is 17.2. The van der Waals surface area contributed by atoms with Crippen molar-refractivity contribution < 1.29 is 13.9 Å². The molecular formula is C21H22O3Si. The Morgan fingerprint density at radius 3 is 1.88 bits per heavy atom. The Morgan fingerprint density at radius 2 is 1.40 bits per heavy atom. The van der Waals surface area contributed by atoms with Gasteiger partial charge in [-0.25, -0.2) is 0 Å². The van der Waals surface area contributed by atoms with Crippen molar-refractivity contribution in [3.8, 4) is 28.2 Å². The third-order valence-corrected chi connectivity index (χ3v) is 5.58. The molecule has 128 valence electrons. The van der Waals surface area contributed by atoms with E-state index in [-0.39, 0.29) is 5.97 Å².